The minimum atomic E-state index is -0.813. The number of hydrogen-bond donors (Lipinski definition) is 1. The van der Waals surface area contributed by atoms with Crippen molar-refractivity contribution in [2.24, 2.45) is 5.92 Å². The largest absolute Gasteiger partial charge is 0.481 e. The minimum Gasteiger partial charge on any atom is -0.481 e. The molecule has 1 aliphatic rings. The quantitative estimate of drug-likeness (QED) is 0.783. The van der Waals surface area contributed by atoms with Crippen LogP contribution in [0, 0.1) is 5.92 Å². The first-order valence-corrected chi connectivity index (χ1v) is 6.62. The van der Waals surface area contributed by atoms with Crippen molar-refractivity contribution < 1.29 is 19.4 Å². The number of rotatable bonds is 6. The number of nitrogens with zero attached hydrogens (tertiary/aromatic N) is 1. The monoisotopic (exact) mass is 257 g/mol. The summed E-state index contributed by atoms with van der Waals surface area (Å²) in [7, 11) is 0. The van der Waals surface area contributed by atoms with E-state index < -0.39 is 5.97 Å². The molecule has 0 saturated carbocycles. The lowest BCUT2D eigenvalue weighted by Gasteiger charge is -2.32. The van der Waals surface area contributed by atoms with E-state index in [-0.39, 0.29) is 24.3 Å². The van der Waals surface area contributed by atoms with Gasteiger partial charge in [0.25, 0.3) is 0 Å². The van der Waals surface area contributed by atoms with Crippen LogP contribution in [0.3, 0.4) is 0 Å². The third kappa shape index (κ3) is 4.64. The number of carboxylic acids is 1. The van der Waals surface area contributed by atoms with Gasteiger partial charge in [-0.2, -0.15) is 0 Å². The molecule has 0 aliphatic carbocycles. The fourth-order valence-corrected chi connectivity index (χ4v) is 2.19. The van der Waals surface area contributed by atoms with Crippen LogP contribution in [0.25, 0.3) is 0 Å². The second-order valence-electron chi connectivity index (χ2n) is 5.04. The third-order valence-electron chi connectivity index (χ3n) is 3.21. The lowest BCUT2D eigenvalue weighted by atomic mass is 10.00. The van der Waals surface area contributed by atoms with Crippen molar-refractivity contribution in [2.75, 3.05) is 19.8 Å². The topological polar surface area (TPSA) is 66.8 Å². The number of aliphatic carboxylic acids is 1. The van der Waals surface area contributed by atoms with Gasteiger partial charge < -0.3 is 14.7 Å². The van der Waals surface area contributed by atoms with Gasteiger partial charge in [-0.3, -0.25) is 9.59 Å². The van der Waals surface area contributed by atoms with Crippen molar-refractivity contribution in [1.82, 2.24) is 4.90 Å². The van der Waals surface area contributed by atoms with Crippen molar-refractivity contribution >= 4 is 11.9 Å². The van der Waals surface area contributed by atoms with Gasteiger partial charge in [0.05, 0.1) is 12.5 Å². The highest BCUT2D eigenvalue weighted by Crippen LogP contribution is 2.18. The summed E-state index contributed by atoms with van der Waals surface area (Å²) in [6.07, 6.45) is 2.42. The molecule has 18 heavy (non-hydrogen) atoms. The van der Waals surface area contributed by atoms with E-state index in [1.165, 1.54) is 0 Å². The Kier molecular flexibility index (Phi) is 6.12. The van der Waals surface area contributed by atoms with Crippen molar-refractivity contribution in [1.29, 1.82) is 0 Å². The van der Waals surface area contributed by atoms with Crippen molar-refractivity contribution in [3.05, 3.63) is 0 Å². The molecule has 0 radical (unpaired) electrons. The van der Waals surface area contributed by atoms with E-state index in [1.807, 2.05) is 13.8 Å². The van der Waals surface area contributed by atoms with Crippen molar-refractivity contribution in [2.45, 2.75) is 45.6 Å². The van der Waals surface area contributed by atoms with E-state index in [2.05, 4.69) is 0 Å². The van der Waals surface area contributed by atoms with Gasteiger partial charge >= 0.3 is 5.97 Å². The van der Waals surface area contributed by atoms with Crippen molar-refractivity contribution in [3.63, 3.8) is 0 Å². The maximum Gasteiger partial charge on any atom is 0.303 e. The van der Waals surface area contributed by atoms with Gasteiger partial charge in [0.1, 0.15) is 0 Å². The molecule has 1 rings (SSSR count). The molecule has 1 N–H and O–H groups in total. The molecule has 1 aliphatic heterocycles. The lowest BCUT2D eigenvalue weighted by molar-refractivity contribution is -0.143. The van der Waals surface area contributed by atoms with Gasteiger partial charge in [-0.05, 0) is 33.1 Å². The Hall–Kier alpha value is -1.10. The second kappa shape index (κ2) is 7.36. The summed E-state index contributed by atoms with van der Waals surface area (Å²) < 4.78 is 5.33. The number of carbonyl (C=O) groups excluding carboxylic acids is 1. The standard InChI is InChI=1S/C13H23NO4/c1-10(2)14(7-3-6-12(15)16)13(17)11-5-4-8-18-9-11/h10-11H,3-9H2,1-2H3,(H,15,16). The van der Waals surface area contributed by atoms with Crippen LogP contribution in [0.2, 0.25) is 0 Å². The highest BCUT2D eigenvalue weighted by Gasteiger charge is 2.27. The first kappa shape index (κ1) is 15.0. The Bertz CT molecular complexity index is 285. The smallest absolute Gasteiger partial charge is 0.303 e. The van der Waals surface area contributed by atoms with Gasteiger partial charge in [0, 0.05) is 25.6 Å². The zero-order valence-electron chi connectivity index (χ0n) is 11.2. The Morgan fingerprint density at radius 1 is 1.44 bits per heavy atom. The number of ether oxygens (including phenoxy) is 1. The Labute approximate surface area is 108 Å². The maximum atomic E-state index is 12.3. The van der Waals surface area contributed by atoms with Crippen LogP contribution >= 0.6 is 0 Å². The molecule has 1 amide bonds. The molecule has 1 heterocycles. The van der Waals surface area contributed by atoms with Gasteiger partial charge in [-0.25, -0.2) is 0 Å². The molecule has 1 saturated heterocycles. The van der Waals surface area contributed by atoms with Crippen LogP contribution in [0.1, 0.15) is 39.5 Å². The summed E-state index contributed by atoms with van der Waals surface area (Å²) in [5.41, 5.74) is 0. The lowest BCUT2D eigenvalue weighted by Crippen LogP contribution is -2.43. The molecule has 1 fully saturated rings. The average molecular weight is 257 g/mol. The van der Waals surface area contributed by atoms with E-state index in [9.17, 15) is 9.59 Å². The molecule has 1 unspecified atom stereocenters. The van der Waals surface area contributed by atoms with Gasteiger partial charge in [-0.1, -0.05) is 0 Å². The first-order valence-electron chi connectivity index (χ1n) is 6.62. The SMILES string of the molecule is CC(C)N(CCCC(=O)O)C(=O)C1CCCOC1. The first-order chi connectivity index (χ1) is 8.52. The van der Waals surface area contributed by atoms with E-state index in [4.69, 9.17) is 9.84 Å². The fraction of sp³-hybridized carbons (Fsp3) is 0.846. The predicted molar refractivity (Wildman–Crippen MR) is 67.3 cm³/mol. The Balaban J connectivity index is 2.48. The number of carboxylic acid groups (broad SMARTS) is 1. The van der Waals surface area contributed by atoms with Crippen LogP contribution in [0.5, 0.6) is 0 Å². The summed E-state index contributed by atoms with van der Waals surface area (Å²) in [6.45, 7) is 5.68. The number of hydrogen-bond acceptors (Lipinski definition) is 3. The fourth-order valence-electron chi connectivity index (χ4n) is 2.19. The summed E-state index contributed by atoms with van der Waals surface area (Å²) >= 11 is 0. The van der Waals surface area contributed by atoms with Gasteiger partial charge in [0.15, 0.2) is 0 Å². The van der Waals surface area contributed by atoms with Gasteiger partial charge in [0.2, 0.25) is 5.91 Å². The van der Waals surface area contributed by atoms with E-state index in [1.54, 1.807) is 4.90 Å². The molecular formula is C13H23NO4. The van der Waals surface area contributed by atoms with Crippen molar-refractivity contribution in [3.8, 4) is 0 Å². The molecule has 5 heteroatoms. The van der Waals surface area contributed by atoms with Crippen LogP contribution in [-0.2, 0) is 14.3 Å². The maximum absolute atomic E-state index is 12.3. The highest BCUT2D eigenvalue weighted by molar-refractivity contribution is 5.79. The summed E-state index contributed by atoms with van der Waals surface area (Å²) in [5.74, 6) is -0.756. The van der Waals surface area contributed by atoms with Crippen LogP contribution < -0.4 is 0 Å². The third-order valence-corrected chi connectivity index (χ3v) is 3.21. The van der Waals surface area contributed by atoms with E-state index in [0.717, 1.165) is 19.4 Å². The number of carbonyl (C=O) groups is 2. The Morgan fingerprint density at radius 3 is 2.67 bits per heavy atom. The molecule has 0 aromatic rings. The molecule has 0 aromatic heterocycles. The molecule has 1 atom stereocenters. The zero-order valence-corrected chi connectivity index (χ0v) is 11.2. The normalized spacial score (nSPS) is 19.8. The van der Waals surface area contributed by atoms with E-state index in [0.29, 0.717) is 19.6 Å². The molecule has 0 spiro atoms. The molecular weight excluding hydrogens is 234 g/mol. The Morgan fingerprint density at radius 2 is 2.17 bits per heavy atom. The molecule has 5 nitrogen and oxygen atoms in total. The zero-order chi connectivity index (χ0) is 13.5. The summed E-state index contributed by atoms with van der Waals surface area (Å²) in [4.78, 5) is 24.6. The summed E-state index contributed by atoms with van der Waals surface area (Å²) in [5, 5.41) is 8.63. The van der Waals surface area contributed by atoms with Gasteiger partial charge in [-0.15, -0.1) is 0 Å². The molecule has 0 aromatic carbocycles. The van der Waals surface area contributed by atoms with Crippen LogP contribution in [-0.4, -0.2) is 47.7 Å². The average Bonchev–Trinajstić information content (AvgIpc) is 2.34. The molecule has 0 bridgehead atoms. The van der Waals surface area contributed by atoms with Crippen LogP contribution in [0.4, 0.5) is 0 Å². The second-order valence-corrected chi connectivity index (χ2v) is 5.04. The highest BCUT2D eigenvalue weighted by atomic mass is 16.5. The number of amides is 1. The molecule has 104 valence electrons. The summed E-state index contributed by atoms with van der Waals surface area (Å²) in [6, 6.07) is 0.105. The minimum absolute atomic E-state index is 0.0500. The van der Waals surface area contributed by atoms with E-state index >= 15 is 0 Å². The predicted octanol–water partition coefficient (Wildman–Crippen LogP) is 1.51. The van der Waals surface area contributed by atoms with Crippen LogP contribution in [0.15, 0.2) is 0 Å².